The number of aromatic nitrogens is 2. The van der Waals surface area contributed by atoms with E-state index >= 15 is 0 Å². The van der Waals surface area contributed by atoms with Crippen LogP contribution in [0.1, 0.15) is 44.2 Å². The molecule has 1 N–H and O–H groups in total. The number of halogens is 1. The average molecular weight is 539 g/mol. The Bertz CT molecular complexity index is 786. The fourth-order valence-electron chi connectivity index (χ4n) is 4.43. The molecule has 31 heavy (non-hydrogen) atoms. The number of hydrogen-bond acceptors (Lipinski definition) is 3. The SMILES string of the molecule is CCNC(=NCC(Cc1ccccc1)N(CC)CC)N1CCC(c2cnn(C)c2)C1.I. The number of hydrogen-bond donors (Lipinski definition) is 1. The second-order valence-corrected chi connectivity index (χ2v) is 8.14. The normalized spacial score (nSPS) is 17.6. The molecule has 2 aromatic rings. The molecule has 1 fully saturated rings. The van der Waals surface area contributed by atoms with Gasteiger partial charge in [-0.3, -0.25) is 14.6 Å². The van der Waals surface area contributed by atoms with E-state index in [1.54, 1.807) is 0 Å². The van der Waals surface area contributed by atoms with Crippen molar-refractivity contribution >= 4 is 29.9 Å². The Morgan fingerprint density at radius 1 is 1.23 bits per heavy atom. The van der Waals surface area contributed by atoms with Gasteiger partial charge in [-0.1, -0.05) is 44.2 Å². The monoisotopic (exact) mass is 538 g/mol. The summed E-state index contributed by atoms with van der Waals surface area (Å²) in [5.74, 6) is 1.58. The highest BCUT2D eigenvalue weighted by Crippen LogP contribution is 2.26. The van der Waals surface area contributed by atoms with E-state index in [-0.39, 0.29) is 24.0 Å². The van der Waals surface area contributed by atoms with Crippen LogP contribution in [0.15, 0.2) is 47.7 Å². The lowest BCUT2D eigenvalue weighted by molar-refractivity contribution is 0.220. The molecule has 3 rings (SSSR count). The van der Waals surface area contributed by atoms with Gasteiger partial charge in [0.05, 0.1) is 12.7 Å². The molecule has 0 saturated carbocycles. The first-order valence-electron chi connectivity index (χ1n) is 11.4. The zero-order chi connectivity index (χ0) is 21.3. The third-order valence-electron chi connectivity index (χ3n) is 6.11. The van der Waals surface area contributed by atoms with Crippen LogP contribution in [-0.2, 0) is 13.5 Å². The zero-order valence-corrected chi connectivity index (χ0v) is 21.8. The highest BCUT2D eigenvalue weighted by molar-refractivity contribution is 14.0. The molecule has 1 aliphatic rings. The molecule has 172 valence electrons. The van der Waals surface area contributed by atoms with Crippen molar-refractivity contribution in [2.24, 2.45) is 12.0 Å². The zero-order valence-electron chi connectivity index (χ0n) is 19.5. The van der Waals surface area contributed by atoms with Crippen LogP contribution in [0.2, 0.25) is 0 Å². The molecule has 0 amide bonds. The summed E-state index contributed by atoms with van der Waals surface area (Å²) in [7, 11) is 1.99. The molecule has 0 aliphatic carbocycles. The van der Waals surface area contributed by atoms with Crippen molar-refractivity contribution in [3.63, 3.8) is 0 Å². The van der Waals surface area contributed by atoms with Crippen molar-refractivity contribution in [1.82, 2.24) is 24.9 Å². The summed E-state index contributed by atoms with van der Waals surface area (Å²) < 4.78 is 1.90. The second kappa shape index (κ2) is 13.1. The smallest absolute Gasteiger partial charge is 0.193 e. The van der Waals surface area contributed by atoms with Crippen LogP contribution in [-0.4, -0.2) is 70.9 Å². The largest absolute Gasteiger partial charge is 0.357 e. The first-order chi connectivity index (χ1) is 14.6. The molecule has 2 heterocycles. The van der Waals surface area contributed by atoms with E-state index < -0.39 is 0 Å². The number of likely N-dealkylation sites (N-methyl/N-ethyl adjacent to an activating group) is 1. The Morgan fingerprint density at radius 3 is 2.58 bits per heavy atom. The van der Waals surface area contributed by atoms with E-state index in [1.165, 1.54) is 11.1 Å². The van der Waals surface area contributed by atoms with E-state index in [2.05, 4.69) is 77.5 Å². The highest BCUT2D eigenvalue weighted by atomic mass is 127. The first kappa shape index (κ1) is 25.6. The molecule has 1 aromatic heterocycles. The van der Waals surface area contributed by atoms with E-state index in [9.17, 15) is 0 Å². The molecule has 2 unspecified atom stereocenters. The average Bonchev–Trinajstić information content (AvgIpc) is 3.41. The Hall–Kier alpha value is -1.61. The molecule has 0 spiro atoms. The quantitative estimate of drug-likeness (QED) is 0.300. The van der Waals surface area contributed by atoms with Gasteiger partial charge in [0.1, 0.15) is 0 Å². The van der Waals surface area contributed by atoms with Crippen LogP contribution >= 0.6 is 24.0 Å². The van der Waals surface area contributed by atoms with Crippen LogP contribution in [0.5, 0.6) is 0 Å². The summed E-state index contributed by atoms with van der Waals surface area (Å²) in [6.45, 7) is 12.5. The number of nitrogens with zero attached hydrogens (tertiary/aromatic N) is 5. The van der Waals surface area contributed by atoms with E-state index in [4.69, 9.17) is 4.99 Å². The van der Waals surface area contributed by atoms with Gasteiger partial charge in [-0.25, -0.2) is 0 Å². The van der Waals surface area contributed by atoms with Gasteiger partial charge < -0.3 is 10.2 Å². The molecular formula is C24H39IN6. The van der Waals surface area contributed by atoms with Crippen molar-refractivity contribution in [2.75, 3.05) is 39.3 Å². The van der Waals surface area contributed by atoms with Gasteiger partial charge in [0.2, 0.25) is 0 Å². The second-order valence-electron chi connectivity index (χ2n) is 8.14. The minimum atomic E-state index is 0. The van der Waals surface area contributed by atoms with E-state index in [0.29, 0.717) is 12.0 Å². The van der Waals surface area contributed by atoms with Crippen molar-refractivity contribution in [2.45, 2.75) is 45.6 Å². The van der Waals surface area contributed by atoms with Crippen molar-refractivity contribution in [3.05, 3.63) is 53.9 Å². The van der Waals surface area contributed by atoms with Gasteiger partial charge in [-0.2, -0.15) is 5.10 Å². The Morgan fingerprint density at radius 2 is 1.97 bits per heavy atom. The van der Waals surface area contributed by atoms with Gasteiger partial charge in [-0.15, -0.1) is 24.0 Å². The van der Waals surface area contributed by atoms with Crippen LogP contribution in [0.4, 0.5) is 0 Å². The van der Waals surface area contributed by atoms with E-state index in [1.807, 2.05) is 17.9 Å². The maximum absolute atomic E-state index is 5.11. The lowest BCUT2D eigenvalue weighted by Gasteiger charge is -2.29. The number of aliphatic imine (C=N–C) groups is 1. The number of nitrogens with one attached hydrogen (secondary N) is 1. The Balaban J connectivity index is 0.00000341. The summed E-state index contributed by atoms with van der Waals surface area (Å²) in [5, 5.41) is 7.88. The number of likely N-dealkylation sites (tertiary alicyclic amines) is 1. The minimum Gasteiger partial charge on any atom is -0.357 e. The fraction of sp³-hybridized carbons (Fsp3) is 0.583. The molecule has 2 atom stereocenters. The molecular weight excluding hydrogens is 499 g/mol. The third kappa shape index (κ3) is 7.20. The maximum atomic E-state index is 5.11. The number of aryl methyl sites for hydroxylation is 1. The van der Waals surface area contributed by atoms with Crippen molar-refractivity contribution in [1.29, 1.82) is 0 Å². The van der Waals surface area contributed by atoms with Gasteiger partial charge in [0, 0.05) is 44.8 Å². The van der Waals surface area contributed by atoms with Crippen LogP contribution in [0.25, 0.3) is 0 Å². The molecule has 0 bridgehead atoms. The third-order valence-corrected chi connectivity index (χ3v) is 6.11. The fourth-order valence-corrected chi connectivity index (χ4v) is 4.43. The summed E-state index contributed by atoms with van der Waals surface area (Å²) in [6.07, 6.45) is 6.34. The van der Waals surface area contributed by atoms with Crippen LogP contribution in [0.3, 0.4) is 0 Å². The highest BCUT2D eigenvalue weighted by Gasteiger charge is 2.27. The lowest BCUT2D eigenvalue weighted by Crippen LogP contribution is -2.43. The van der Waals surface area contributed by atoms with Gasteiger partial charge in [-0.05, 0) is 44.0 Å². The van der Waals surface area contributed by atoms with Gasteiger partial charge in [0.15, 0.2) is 5.96 Å². The number of guanidine groups is 1. The van der Waals surface area contributed by atoms with E-state index in [0.717, 1.165) is 58.1 Å². The molecule has 1 saturated heterocycles. The molecule has 0 radical (unpaired) electrons. The summed E-state index contributed by atoms with van der Waals surface area (Å²) in [4.78, 5) is 10.1. The molecule has 6 nitrogen and oxygen atoms in total. The molecule has 7 heteroatoms. The van der Waals surface area contributed by atoms with Crippen LogP contribution in [0, 0.1) is 0 Å². The van der Waals surface area contributed by atoms with Crippen LogP contribution < -0.4 is 5.32 Å². The topological polar surface area (TPSA) is 48.7 Å². The summed E-state index contributed by atoms with van der Waals surface area (Å²) in [5.41, 5.74) is 2.72. The predicted molar refractivity (Wildman–Crippen MR) is 140 cm³/mol. The van der Waals surface area contributed by atoms with Gasteiger partial charge in [0.25, 0.3) is 0 Å². The summed E-state index contributed by atoms with van der Waals surface area (Å²) >= 11 is 0. The standard InChI is InChI=1S/C24H38N6.HI/c1-5-25-24(30-14-13-21(19-30)22-16-27-28(4)18-22)26-17-23(29(6-2)7-3)15-20-11-9-8-10-12-20;/h8-12,16,18,21,23H,5-7,13-15,17,19H2,1-4H3,(H,25,26);1H. The number of rotatable bonds is 9. The number of benzene rings is 1. The summed E-state index contributed by atoms with van der Waals surface area (Å²) in [6, 6.07) is 11.2. The van der Waals surface area contributed by atoms with Crippen molar-refractivity contribution < 1.29 is 0 Å². The first-order valence-corrected chi connectivity index (χ1v) is 11.4. The molecule has 1 aliphatic heterocycles. The minimum absolute atomic E-state index is 0. The Kier molecular flexibility index (Phi) is 10.8. The Labute approximate surface area is 205 Å². The van der Waals surface area contributed by atoms with Gasteiger partial charge >= 0.3 is 0 Å². The predicted octanol–water partition coefficient (Wildman–Crippen LogP) is 3.75. The lowest BCUT2D eigenvalue weighted by atomic mass is 10.0. The maximum Gasteiger partial charge on any atom is 0.193 e. The molecule has 1 aromatic carbocycles. The van der Waals surface area contributed by atoms with Crippen molar-refractivity contribution in [3.8, 4) is 0 Å².